The summed E-state index contributed by atoms with van der Waals surface area (Å²) in [7, 11) is 0. The smallest absolute Gasteiger partial charge is 0.222 e. The number of hydrogen-bond acceptors (Lipinski definition) is 2. The van der Waals surface area contributed by atoms with Crippen LogP contribution in [0.3, 0.4) is 0 Å². The Hall–Kier alpha value is -0.830. The molecule has 13 heavy (non-hydrogen) atoms. The molecule has 1 amide bonds. The maximum Gasteiger partial charge on any atom is 0.222 e. The quantitative estimate of drug-likeness (QED) is 0.479. The molecule has 0 aliphatic rings. The first-order chi connectivity index (χ1) is 6.22. The molecule has 0 aliphatic heterocycles. The minimum atomic E-state index is 0.0376. The molecule has 0 heterocycles. The number of nitrogens with two attached hydrogens (primary N) is 1. The van der Waals surface area contributed by atoms with Crippen LogP contribution < -0.4 is 11.1 Å². The van der Waals surface area contributed by atoms with Crippen LogP contribution in [0.5, 0.6) is 0 Å². The van der Waals surface area contributed by atoms with E-state index < -0.39 is 0 Å². The Labute approximate surface area is 80.4 Å². The van der Waals surface area contributed by atoms with E-state index in [2.05, 4.69) is 5.32 Å². The lowest BCUT2D eigenvalue weighted by molar-refractivity contribution is -0.124. The van der Waals surface area contributed by atoms with E-state index in [1.165, 1.54) is 0 Å². The van der Waals surface area contributed by atoms with E-state index in [1.54, 1.807) is 0 Å². The molecule has 0 saturated carbocycles. The molecule has 0 aromatic rings. The molecule has 0 aromatic heterocycles. The number of carbonyl (C=O) groups is 1. The van der Waals surface area contributed by atoms with Gasteiger partial charge in [0, 0.05) is 12.5 Å². The van der Waals surface area contributed by atoms with Crippen LogP contribution in [0.15, 0.2) is 12.2 Å². The minimum absolute atomic E-state index is 0.0376. The highest BCUT2D eigenvalue weighted by Gasteiger charge is 2.09. The maximum atomic E-state index is 11.3. The lowest BCUT2D eigenvalue weighted by atomic mass is 10.1. The zero-order chi connectivity index (χ0) is 10.1. The largest absolute Gasteiger partial charge is 0.356 e. The number of nitrogens with one attached hydrogen (secondary N) is 1. The van der Waals surface area contributed by atoms with Gasteiger partial charge >= 0.3 is 0 Å². The van der Waals surface area contributed by atoms with Crippen molar-refractivity contribution in [3.63, 3.8) is 0 Å². The van der Waals surface area contributed by atoms with Gasteiger partial charge in [0.1, 0.15) is 0 Å². The van der Waals surface area contributed by atoms with Crippen molar-refractivity contribution in [2.75, 3.05) is 13.1 Å². The van der Waals surface area contributed by atoms with Crippen LogP contribution in [0.1, 0.15) is 26.7 Å². The van der Waals surface area contributed by atoms with Crippen molar-refractivity contribution >= 4 is 5.91 Å². The topological polar surface area (TPSA) is 55.1 Å². The van der Waals surface area contributed by atoms with Crippen LogP contribution in [0.4, 0.5) is 0 Å². The van der Waals surface area contributed by atoms with Crippen molar-refractivity contribution in [2.45, 2.75) is 26.7 Å². The number of rotatable bonds is 6. The fraction of sp³-hybridized carbons (Fsp3) is 0.700. The molecule has 3 nitrogen and oxygen atoms in total. The molecule has 0 radical (unpaired) electrons. The van der Waals surface area contributed by atoms with Crippen LogP contribution in [0.2, 0.25) is 0 Å². The van der Waals surface area contributed by atoms with Gasteiger partial charge in [-0.15, -0.1) is 0 Å². The predicted molar refractivity (Wildman–Crippen MR) is 55.3 cm³/mol. The van der Waals surface area contributed by atoms with Gasteiger partial charge in [0.2, 0.25) is 5.91 Å². The second-order valence-electron chi connectivity index (χ2n) is 3.13. The zero-order valence-corrected chi connectivity index (χ0v) is 8.55. The Morgan fingerprint density at radius 1 is 1.62 bits per heavy atom. The SMILES string of the molecule is C/C=C/CCNC(=O)C(C)CCN. The molecule has 0 aliphatic carbocycles. The highest BCUT2D eigenvalue weighted by molar-refractivity contribution is 5.78. The Morgan fingerprint density at radius 3 is 2.85 bits per heavy atom. The summed E-state index contributed by atoms with van der Waals surface area (Å²) in [6.07, 6.45) is 5.68. The Bertz CT molecular complexity index is 166. The molecule has 0 rings (SSSR count). The molecule has 1 unspecified atom stereocenters. The number of hydrogen-bond donors (Lipinski definition) is 2. The van der Waals surface area contributed by atoms with Gasteiger partial charge in [-0.25, -0.2) is 0 Å². The first-order valence-corrected chi connectivity index (χ1v) is 4.81. The molecule has 1 atom stereocenters. The molecule has 3 N–H and O–H groups in total. The highest BCUT2D eigenvalue weighted by atomic mass is 16.1. The van der Waals surface area contributed by atoms with E-state index in [-0.39, 0.29) is 11.8 Å². The van der Waals surface area contributed by atoms with E-state index in [0.29, 0.717) is 6.54 Å². The fourth-order valence-corrected chi connectivity index (χ4v) is 1.00. The van der Waals surface area contributed by atoms with Crippen LogP contribution >= 0.6 is 0 Å². The van der Waals surface area contributed by atoms with Crippen molar-refractivity contribution in [3.8, 4) is 0 Å². The Balaban J connectivity index is 3.49. The van der Waals surface area contributed by atoms with Gasteiger partial charge in [0.25, 0.3) is 0 Å². The van der Waals surface area contributed by atoms with Gasteiger partial charge in [0.05, 0.1) is 0 Å². The van der Waals surface area contributed by atoms with E-state index >= 15 is 0 Å². The van der Waals surface area contributed by atoms with Gasteiger partial charge < -0.3 is 11.1 Å². The molecule has 0 bridgehead atoms. The number of carbonyl (C=O) groups excluding carboxylic acids is 1. The molecular weight excluding hydrogens is 164 g/mol. The Kier molecular flexibility index (Phi) is 7.30. The second-order valence-corrected chi connectivity index (χ2v) is 3.13. The van der Waals surface area contributed by atoms with Crippen LogP contribution in [0, 0.1) is 5.92 Å². The molecule has 3 heteroatoms. The van der Waals surface area contributed by atoms with Gasteiger partial charge in [-0.05, 0) is 26.3 Å². The van der Waals surface area contributed by atoms with Crippen molar-refractivity contribution in [1.29, 1.82) is 0 Å². The zero-order valence-electron chi connectivity index (χ0n) is 8.55. The van der Waals surface area contributed by atoms with E-state index in [9.17, 15) is 4.79 Å². The Morgan fingerprint density at radius 2 is 2.31 bits per heavy atom. The molecular formula is C10H20N2O. The third kappa shape index (κ3) is 6.34. The highest BCUT2D eigenvalue weighted by Crippen LogP contribution is 1.99. The summed E-state index contributed by atoms with van der Waals surface area (Å²) in [5.41, 5.74) is 5.35. The minimum Gasteiger partial charge on any atom is -0.356 e. The number of amides is 1. The van der Waals surface area contributed by atoms with Gasteiger partial charge in [-0.1, -0.05) is 19.1 Å². The standard InChI is InChI=1S/C10H20N2O/c1-3-4-5-8-12-10(13)9(2)6-7-11/h3-4,9H,5-8,11H2,1-2H3,(H,12,13)/b4-3+. The molecule has 0 aromatic carbocycles. The molecule has 76 valence electrons. The lowest BCUT2D eigenvalue weighted by Gasteiger charge is -2.09. The normalized spacial score (nSPS) is 13.2. The van der Waals surface area contributed by atoms with E-state index in [1.807, 2.05) is 26.0 Å². The summed E-state index contributed by atoms with van der Waals surface area (Å²) in [6, 6.07) is 0. The third-order valence-corrected chi connectivity index (χ3v) is 1.89. The van der Waals surface area contributed by atoms with Gasteiger partial charge in [-0.3, -0.25) is 4.79 Å². The monoisotopic (exact) mass is 184 g/mol. The van der Waals surface area contributed by atoms with Crippen molar-refractivity contribution in [1.82, 2.24) is 5.32 Å². The lowest BCUT2D eigenvalue weighted by Crippen LogP contribution is -2.30. The van der Waals surface area contributed by atoms with E-state index in [4.69, 9.17) is 5.73 Å². The van der Waals surface area contributed by atoms with Crippen molar-refractivity contribution in [3.05, 3.63) is 12.2 Å². The summed E-state index contributed by atoms with van der Waals surface area (Å²) in [4.78, 5) is 11.3. The van der Waals surface area contributed by atoms with E-state index in [0.717, 1.165) is 19.4 Å². The van der Waals surface area contributed by atoms with Crippen LogP contribution in [-0.2, 0) is 4.79 Å². The van der Waals surface area contributed by atoms with Crippen molar-refractivity contribution in [2.24, 2.45) is 11.7 Å². The third-order valence-electron chi connectivity index (χ3n) is 1.89. The van der Waals surface area contributed by atoms with Gasteiger partial charge in [-0.2, -0.15) is 0 Å². The summed E-state index contributed by atoms with van der Waals surface area (Å²) >= 11 is 0. The van der Waals surface area contributed by atoms with Crippen molar-refractivity contribution < 1.29 is 4.79 Å². The first-order valence-electron chi connectivity index (χ1n) is 4.81. The van der Waals surface area contributed by atoms with Crippen LogP contribution in [-0.4, -0.2) is 19.0 Å². The molecule has 0 fully saturated rings. The second kappa shape index (κ2) is 7.80. The van der Waals surface area contributed by atoms with Crippen LogP contribution in [0.25, 0.3) is 0 Å². The average Bonchev–Trinajstić information content (AvgIpc) is 2.12. The van der Waals surface area contributed by atoms with Gasteiger partial charge in [0.15, 0.2) is 0 Å². The fourth-order valence-electron chi connectivity index (χ4n) is 1.00. The molecule has 0 saturated heterocycles. The average molecular weight is 184 g/mol. The maximum absolute atomic E-state index is 11.3. The predicted octanol–water partition coefficient (Wildman–Crippen LogP) is 1.05. The summed E-state index contributed by atoms with van der Waals surface area (Å²) in [6.45, 7) is 5.16. The summed E-state index contributed by atoms with van der Waals surface area (Å²) in [5.74, 6) is 0.144. The first kappa shape index (κ1) is 12.2. The summed E-state index contributed by atoms with van der Waals surface area (Å²) in [5, 5.41) is 2.86. The number of allylic oxidation sites excluding steroid dienone is 1. The molecule has 0 spiro atoms. The summed E-state index contributed by atoms with van der Waals surface area (Å²) < 4.78 is 0.